The third kappa shape index (κ3) is 9.92. The molecule has 0 saturated heterocycles. The maximum Gasteiger partial charge on any atom is 0.119 e. The Bertz CT molecular complexity index is 158. The fraction of sp³-hybridized carbons (Fsp3) is 0.923. The van der Waals surface area contributed by atoms with Gasteiger partial charge in [-0.1, -0.05) is 19.8 Å². The van der Waals surface area contributed by atoms with E-state index < -0.39 is 0 Å². The molecule has 0 aliphatic carbocycles. The quantitative estimate of drug-likeness (QED) is 0.456. The zero-order valence-corrected chi connectivity index (χ0v) is 10.7. The van der Waals surface area contributed by atoms with Gasteiger partial charge in [-0.05, 0) is 39.5 Å². The number of ether oxygens (including phenoxy) is 1. The SMILES string of the molecule is CCC(CCCCC=O)COC(C)(C)C. The predicted molar refractivity (Wildman–Crippen MR) is 64.0 cm³/mol. The van der Waals surface area contributed by atoms with Gasteiger partial charge < -0.3 is 9.53 Å². The number of rotatable bonds is 8. The molecule has 0 aliphatic rings. The lowest BCUT2D eigenvalue weighted by atomic mass is 9.99. The maximum absolute atomic E-state index is 10.2. The molecule has 0 heterocycles. The van der Waals surface area contributed by atoms with Crippen LogP contribution in [0, 0.1) is 5.92 Å². The summed E-state index contributed by atoms with van der Waals surface area (Å²) in [6.07, 6.45) is 6.22. The summed E-state index contributed by atoms with van der Waals surface area (Å²) in [7, 11) is 0. The van der Waals surface area contributed by atoms with Gasteiger partial charge in [-0.2, -0.15) is 0 Å². The van der Waals surface area contributed by atoms with Crippen LogP contribution in [0.15, 0.2) is 0 Å². The summed E-state index contributed by atoms with van der Waals surface area (Å²) < 4.78 is 5.77. The van der Waals surface area contributed by atoms with E-state index >= 15 is 0 Å². The van der Waals surface area contributed by atoms with Crippen LogP contribution in [0.1, 0.15) is 59.8 Å². The molecule has 90 valence electrons. The van der Waals surface area contributed by atoms with Crippen molar-refractivity contribution in [2.75, 3.05) is 6.61 Å². The average molecular weight is 214 g/mol. The zero-order chi connectivity index (χ0) is 11.7. The van der Waals surface area contributed by atoms with E-state index in [1.54, 1.807) is 0 Å². The highest BCUT2D eigenvalue weighted by Crippen LogP contribution is 2.17. The molecule has 0 bridgehead atoms. The molecule has 0 N–H and O–H groups in total. The first kappa shape index (κ1) is 14.6. The Balaban J connectivity index is 3.59. The van der Waals surface area contributed by atoms with E-state index in [4.69, 9.17) is 4.74 Å². The molecule has 0 aromatic rings. The van der Waals surface area contributed by atoms with Crippen LogP contribution in [0.3, 0.4) is 0 Å². The maximum atomic E-state index is 10.2. The summed E-state index contributed by atoms with van der Waals surface area (Å²) in [6, 6.07) is 0. The summed E-state index contributed by atoms with van der Waals surface area (Å²) in [4.78, 5) is 10.2. The van der Waals surface area contributed by atoms with Gasteiger partial charge in [-0.15, -0.1) is 0 Å². The van der Waals surface area contributed by atoms with Crippen LogP contribution >= 0.6 is 0 Å². The number of aldehydes is 1. The standard InChI is InChI=1S/C13H26O2/c1-5-12(9-7-6-8-10-14)11-15-13(2,3)4/h10,12H,5-9,11H2,1-4H3. The van der Waals surface area contributed by atoms with Crippen LogP contribution in [-0.2, 0) is 9.53 Å². The van der Waals surface area contributed by atoms with Gasteiger partial charge >= 0.3 is 0 Å². The number of unbranched alkanes of at least 4 members (excludes halogenated alkanes) is 2. The zero-order valence-electron chi connectivity index (χ0n) is 10.7. The summed E-state index contributed by atoms with van der Waals surface area (Å²) >= 11 is 0. The van der Waals surface area contributed by atoms with Crippen molar-refractivity contribution < 1.29 is 9.53 Å². The van der Waals surface area contributed by atoms with Crippen molar-refractivity contribution in [2.24, 2.45) is 5.92 Å². The molecule has 0 aromatic heterocycles. The second-order valence-corrected chi connectivity index (χ2v) is 5.15. The predicted octanol–water partition coefficient (Wildman–Crippen LogP) is 3.59. The number of carbonyl (C=O) groups excluding carboxylic acids is 1. The Morgan fingerprint density at radius 1 is 1.27 bits per heavy atom. The molecule has 0 aromatic carbocycles. The first-order valence-corrected chi connectivity index (χ1v) is 6.07. The third-order valence-corrected chi connectivity index (χ3v) is 2.51. The molecule has 2 nitrogen and oxygen atoms in total. The minimum absolute atomic E-state index is 0.0315. The average Bonchev–Trinajstić information content (AvgIpc) is 2.15. The van der Waals surface area contributed by atoms with Crippen LogP contribution in [0.4, 0.5) is 0 Å². The van der Waals surface area contributed by atoms with Gasteiger partial charge in [0.05, 0.1) is 12.2 Å². The minimum atomic E-state index is -0.0315. The number of carbonyl (C=O) groups is 1. The first-order valence-electron chi connectivity index (χ1n) is 6.07. The molecule has 0 aliphatic heterocycles. The number of hydrogen-bond donors (Lipinski definition) is 0. The molecular formula is C13H26O2. The fourth-order valence-electron chi connectivity index (χ4n) is 1.43. The van der Waals surface area contributed by atoms with Crippen LogP contribution in [0.2, 0.25) is 0 Å². The highest BCUT2D eigenvalue weighted by Gasteiger charge is 2.13. The first-order chi connectivity index (χ1) is 6.99. The van der Waals surface area contributed by atoms with Crippen molar-refractivity contribution in [3.63, 3.8) is 0 Å². The molecule has 0 spiro atoms. The van der Waals surface area contributed by atoms with Crippen molar-refractivity contribution in [1.82, 2.24) is 0 Å². The lowest BCUT2D eigenvalue weighted by Gasteiger charge is -2.23. The van der Waals surface area contributed by atoms with E-state index in [2.05, 4.69) is 27.7 Å². The summed E-state index contributed by atoms with van der Waals surface area (Å²) in [6.45, 7) is 9.32. The molecule has 2 heteroatoms. The molecule has 0 rings (SSSR count). The van der Waals surface area contributed by atoms with Crippen molar-refractivity contribution in [3.05, 3.63) is 0 Å². The topological polar surface area (TPSA) is 26.3 Å². The molecule has 0 fully saturated rings. The lowest BCUT2D eigenvalue weighted by molar-refractivity contribution is -0.107. The van der Waals surface area contributed by atoms with E-state index in [1.165, 1.54) is 6.42 Å². The Morgan fingerprint density at radius 2 is 1.93 bits per heavy atom. The molecular weight excluding hydrogens is 188 g/mol. The smallest absolute Gasteiger partial charge is 0.119 e. The monoisotopic (exact) mass is 214 g/mol. The summed E-state index contributed by atoms with van der Waals surface area (Å²) in [5.74, 6) is 0.649. The molecule has 15 heavy (non-hydrogen) atoms. The minimum Gasteiger partial charge on any atom is -0.376 e. The Morgan fingerprint density at radius 3 is 2.40 bits per heavy atom. The number of hydrogen-bond acceptors (Lipinski definition) is 2. The molecule has 0 amide bonds. The van der Waals surface area contributed by atoms with Gasteiger partial charge in [0.25, 0.3) is 0 Å². The van der Waals surface area contributed by atoms with Crippen LogP contribution < -0.4 is 0 Å². The van der Waals surface area contributed by atoms with Crippen LogP contribution in [0.25, 0.3) is 0 Å². The molecule has 1 unspecified atom stereocenters. The largest absolute Gasteiger partial charge is 0.376 e. The van der Waals surface area contributed by atoms with E-state index in [1.807, 2.05) is 0 Å². The van der Waals surface area contributed by atoms with Crippen molar-refractivity contribution in [1.29, 1.82) is 0 Å². The van der Waals surface area contributed by atoms with Gasteiger partial charge in [0.2, 0.25) is 0 Å². The van der Waals surface area contributed by atoms with E-state index in [9.17, 15) is 4.79 Å². The van der Waals surface area contributed by atoms with Crippen LogP contribution in [0.5, 0.6) is 0 Å². The second kappa shape index (κ2) is 7.86. The van der Waals surface area contributed by atoms with Gasteiger partial charge in [-0.3, -0.25) is 0 Å². The van der Waals surface area contributed by atoms with Crippen molar-refractivity contribution in [3.8, 4) is 0 Å². The Hall–Kier alpha value is -0.370. The summed E-state index contributed by atoms with van der Waals surface area (Å²) in [5.41, 5.74) is -0.0315. The Labute approximate surface area is 94.4 Å². The van der Waals surface area contributed by atoms with Gasteiger partial charge in [-0.25, -0.2) is 0 Å². The lowest BCUT2D eigenvalue weighted by Crippen LogP contribution is -2.23. The summed E-state index contributed by atoms with van der Waals surface area (Å²) in [5, 5.41) is 0. The van der Waals surface area contributed by atoms with Crippen LogP contribution in [-0.4, -0.2) is 18.5 Å². The van der Waals surface area contributed by atoms with Crippen molar-refractivity contribution >= 4 is 6.29 Å². The van der Waals surface area contributed by atoms with Gasteiger partial charge in [0.1, 0.15) is 6.29 Å². The van der Waals surface area contributed by atoms with Gasteiger partial charge in [0.15, 0.2) is 0 Å². The second-order valence-electron chi connectivity index (χ2n) is 5.15. The highest BCUT2D eigenvalue weighted by molar-refractivity contribution is 5.48. The molecule has 0 radical (unpaired) electrons. The Kier molecular flexibility index (Phi) is 7.67. The normalized spacial score (nSPS) is 13.9. The van der Waals surface area contributed by atoms with Crippen molar-refractivity contribution in [2.45, 2.75) is 65.4 Å². The molecule has 0 saturated carbocycles. The van der Waals surface area contributed by atoms with E-state index in [0.717, 1.165) is 32.2 Å². The van der Waals surface area contributed by atoms with E-state index in [-0.39, 0.29) is 5.60 Å². The van der Waals surface area contributed by atoms with E-state index in [0.29, 0.717) is 12.3 Å². The third-order valence-electron chi connectivity index (χ3n) is 2.51. The molecule has 1 atom stereocenters. The fourth-order valence-corrected chi connectivity index (χ4v) is 1.43. The van der Waals surface area contributed by atoms with Gasteiger partial charge in [0, 0.05) is 6.42 Å². The highest BCUT2D eigenvalue weighted by atomic mass is 16.5.